The minimum atomic E-state index is 0.144. The highest BCUT2D eigenvalue weighted by Gasteiger charge is 2.15. The molecule has 1 aliphatic heterocycles. The highest BCUT2D eigenvalue weighted by atomic mass is 16.3. The minimum absolute atomic E-state index is 0.144. The molecule has 0 bridgehead atoms. The van der Waals surface area contributed by atoms with E-state index in [1.807, 2.05) is 12.1 Å². The molecule has 2 heteroatoms. The predicted octanol–water partition coefficient (Wildman–Crippen LogP) is 2.41. The van der Waals surface area contributed by atoms with Gasteiger partial charge in [0.15, 0.2) is 0 Å². The van der Waals surface area contributed by atoms with Crippen molar-refractivity contribution in [2.75, 3.05) is 13.1 Å². The van der Waals surface area contributed by atoms with Gasteiger partial charge < -0.3 is 5.11 Å². The lowest BCUT2D eigenvalue weighted by molar-refractivity contribution is 0.185. The lowest BCUT2D eigenvalue weighted by Crippen LogP contribution is -2.32. The summed E-state index contributed by atoms with van der Waals surface area (Å²) in [6.45, 7) is 5.93. The maximum atomic E-state index is 9.09. The molecule has 2 rings (SSSR count). The van der Waals surface area contributed by atoms with E-state index in [9.17, 15) is 0 Å². The predicted molar refractivity (Wildman–Crippen MR) is 66.0 cm³/mol. The Labute approximate surface area is 97.9 Å². The van der Waals surface area contributed by atoms with E-state index in [2.05, 4.69) is 24.0 Å². The zero-order valence-corrected chi connectivity index (χ0v) is 10.0. The topological polar surface area (TPSA) is 23.5 Å². The molecule has 0 atom stereocenters. The molecule has 0 aromatic heterocycles. The van der Waals surface area contributed by atoms with Crippen LogP contribution >= 0.6 is 0 Å². The normalized spacial score (nSPS) is 18.9. The number of nitrogens with zero attached hydrogens (tertiary/aromatic N) is 1. The minimum Gasteiger partial charge on any atom is -0.392 e. The van der Waals surface area contributed by atoms with Crippen LogP contribution in [-0.2, 0) is 13.2 Å². The summed E-state index contributed by atoms with van der Waals surface area (Å²) in [5.41, 5.74) is 2.34. The fourth-order valence-electron chi connectivity index (χ4n) is 2.30. The molecular formula is C14H21NO. The fraction of sp³-hybridized carbons (Fsp3) is 0.571. The largest absolute Gasteiger partial charge is 0.392 e. The van der Waals surface area contributed by atoms with Gasteiger partial charge in [-0.15, -0.1) is 0 Å². The number of aliphatic hydroxyl groups excluding tert-OH is 1. The molecular weight excluding hydrogens is 198 g/mol. The molecule has 1 N–H and O–H groups in total. The average molecular weight is 219 g/mol. The van der Waals surface area contributed by atoms with Crippen LogP contribution in [0.3, 0.4) is 0 Å². The van der Waals surface area contributed by atoms with Crippen molar-refractivity contribution in [1.29, 1.82) is 0 Å². The van der Waals surface area contributed by atoms with E-state index in [4.69, 9.17) is 5.11 Å². The highest BCUT2D eigenvalue weighted by molar-refractivity contribution is 5.22. The fourth-order valence-corrected chi connectivity index (χ4v) is 2.30. The van der Waals surface area contributed by atoms with Gasteiger partial charge in [0.1, 0.15) is 0 Å². The third-order valence-corrected chi connectivity index (χ3v) is 3.46. The second-order valence-corrected chi connectivity index (χ2v) is 4.94. The van der Waals surface area contributed by atoms with Gasteiger partial charge in [0.2, 0.25) is 0 Å². The van der Waals surface area contributed by atoms with Crippen molar-refractivity contribution in [3.8, 4) is 0 Å². The number of benzene rings is 1. The molecule has 0 amide bonds. The molecule has 1 fully saturated rings. The van der Waals surface area contributed by atoms with Gasteiger partial charge >= 0.3 is 0 Å². The van der Waals surface area contributed by atoms with Crippen LogP contribution in [0.2, 0.25) is 0 Å². The van der Waals surface area contributed by atoms with Crippen molar-refractivity contribution in [2.24, 2.45) is 5.92 Å². The molecule has 0 radical (unpaired) electrons. The van der Waals surface area contributed by atoms with Gasteiger partial charge in [-0.1, -0.05) is 31.2 Å². The van der Waals surface area contributed by atoms with Crippen molar-refractivity contribution in [3.63, 3.8) is 0 Å². The van der Waals surface area contributed by atoms with Crippen molar-refractivity contribution in [3.05, 3.63) is 35.4 Å². The summed E-state index contributed by atoms with van der Waals surface area (Å²) in [4.78, 5) is 2.51. The number of piperidine rings is 1. The second kappa shape index (κ2) is 5.46. The van der Waals surface area contributed by atoms with Crippen LogP contribution in [-0.4, -0.2) is 23.1 Å². The Morgan fingerprint density at radius 1 is 1.25 bits per heavy atom. The molecule has 1 heterocycles. The lowest BCUT2D eigenvalue weighted by Gasteiger charge is -2.30. The standard InChI is InChI=1S/C14H21NO/c1-12-5-7-15(8-6-12)10-13-3-2-4-14(9-13)11-16/h2-4,9,12,16H,5-8,10-11H2,1H3. The van der Waals surface area contributed by atoms with E-state index in [1.54, 1.807) is 0 Å². The highest BCUT2D eigenvalue weighted by Crippen LogP contribution is 2.18. The van der Waals surface area contributed by atoms with E-state index < -0.39 is 0 Å². The quantitative estimate of drug-likeness (QED) is 0.844. The maximum Gasteiger partial charge on any atom is 0.0681 e. The van der Waals surface area contributed by atoms with Crippen LogP contribution in [0.25, 0.3) is 0 Å². The van der Waals surface area contributed by atoms with Crippen LogP contribution in [0.4, 0.5) is 0 Å². The van der Waals surface area contributed by atoms with E-state index in [1.165, 1.54) is 31.5 Å². The molecule has 1 aliphatic rings. The molecule has 0 spiro atoms. The van der Waals surface area contributed by atoms with Crippen LogP contribution in [0.15, 0.2) is 24.3 Å². The summed E-state index contributed by atoms with van der Waals surface area (Å²) < 4.78 is 0. The first-order valence-electron chi connectivity index (χ1n) is 6.19. The number of hydrogen-bond acceptors (Lipinski definition) is 2. The third-order valence-electron chi connectivity index (χ3n) is 3.46. The van der Waals surface area contributed by atoms with Crippen molar-refractivity contribution >= 4 is 0 Å². The smallest absolute Gasteiger partial charge is 0.0681 e. The zero-order chi connectivity index (χ0) is 11.4. The van der Waals surface area contributed by atoms with Gasteiger partial charge in [-0.2, -0.15) is 0 Å². The summed E-state index contributed by atoms with van der Waals surface area (Å²) in [6, 6.07) is 8.27. The third kappa shape index (κ3) is 3.06. The lowest BCUT2D eigenvalue weighted by atomic mass is 9.99. The molecule has 88 valence electrons. The Bertz CT molecular complexity index is 329. The molecule has 1 aromatic carbocycles. The Morgan fingerprint density at radius 2 is 1.94 bits per heavy atom. The SMILES string of the molecule is CC1CCN(Cc2cccc(CO)c2)CC1. The van der Waals surface area contributed by atoms with E-state index >= 15 is 0 Å². The number of aliphatic hydroxyl groups is 1. The van der Waals surface area contributed by atoms with Crippen LogP contribution in [0, 0.1) is 5.92 Å². The molecule has 1 aromatic rings. The molecule has 16 heavy (non-hydrogen) atoms. The molecule has 0 unspecified atom stereocenters. The van der Waals surface area contributed by atoms with Crippen LogP contribution in [0.5, 0.6) is 0 Å². The summed E-state index contributed by atoms with van der Waals surface area (Å²) in [7, 11) is 0. The second-order valence-electron chi connectivity index (χ2n) is 4.94. The first-order valence-corrected chi connectivity index (χ1v) is 6.19. The first kappa shape index (κ1) is 11.6. The van der Waals surface area contributed by atoms with E-state index in [0.29, 0.717) is 0 Å². The van der Waals surface area contributed by atoms with Gasteiger partial charge in [-0.25, -0.2) is 0 Å². The molecule has 1 saturated heterocycles. The number of rotatable bonds is 3. The van der Waals surface area contributed by atoms with Gasteiger partial charge in [0.25, 0.3) is 0 Å². The first-order chi connectivity index (χ1) is 7.78. The Hall–Kier alpha value is -0.860. The van der Waals surface area contributed by atoms with Crippen molar-refractivity contribution in [2.45, 2.75) is 32.9 Å². The molecule has 2 nitrogen and oxygen atoms in total. The maximum absolute atomic E-state index is 9.09. The average Bonchev–Trinajstić information content (AvgIpc) is 2.32. The molecule has 0 aliphatic carbocycles. The van der Waals surface area contributed by atoms with Crippen LogP contribution in [0.1, 0.15) is 30.9 Å². The zero-order valence-electron chi connectivity index (χ0n) is 10.0. The Morgan fingerprint density at radius 3 is 2.62 bits per heavy atom. The summed E-state index contributed by atoms with van der Waals surface area (Å²) in [6.07, 6.45) is 2.64. The Balaban J connectivity index is 1.93. The number of hydrogen-bond donors (Lipinski definition) is 1. The summed E-state index contributed by atoms with van der Waals surface area (Å²) in [5, 5.41) is 9.09. The van der Waals surface area contributed by atoms with Gasteiger partial charge in [-0.3, -0.25) is 4.90 Å². The number of likely N-dealkylation sites (tertiary alicyclic amines) is 1. The van der Waals surface area contributed by atoms with Gasteiger partial charge in [0, 0.05) is 6.54 Å². The van der Waals surface area contributed by atoms with E-state index in [0.717, 1.165) is 18.0 Å². The summed E-state index contributed by atoms with van der Waals surface area (Å²) in [5.74, 6) is 0.889. The van der Waals surface area contributed by atoms with Gasteiger partial charge in [-0.05, 0) is 43.0 Å². The monoisotopic (exact) mass is 219 g/mol. The van der Waals surface area contributed by atoms with E-state index in [-0.39, 0.29) is 6.61 Å². The van der Waals surface area contributed by atoms with Crippen molar-refractivity contribution < 1.29 is 5.11 Å². The van der Waals surface area contributed by atoms with Gasteiger partial charge in [0.05, 0.1) is 6.61 Å². The Kier molecular flexibility index (Phi) is 3.97. The van der Waals surface area contributed by atoms with Crippen molar-refractivity contribution in [1.82, 2.24) is 4.90 Å². The van der Waals surface area contributed by atoms with Crippen LogP contribution < -0.4 is 0 Å². The summed E-state index contributed by atoms with van der Waals surface area (Å²) >= 11 is 0. The molecule has 0 saturated carbocycles.